The molecule has 3 N–H and O–H groups in total. The van der Waals surface area contributed by atoms with Crippen molar-refractivity contribution in [3.8, 4) is 0 Å². The molecule has 44 valence electrons. The van der Waals surface area contributed by atoms with Crippen LogP contribution in [0.25, 0.3) is 0 Å². The average molecular weight is 144 g/mol. The molecule has 7 heavy (non-hydrogen) atoms. The summed E-state index contributed by atoms with van der Waals surface area (Å²) < 4.78 is 0. The summed E-state index contributed by atoms with van der Waals surface area (Å²) in [5.74, 6) is 0. The molecule has 0 spiro atoms. The Morgan fingerprint density at radius 3 is 2.43 bits per heavy atom. The summed E-state index contributed by atoms with van der Waals surface area (Å²) in [6.45, 7) is 0. The summed E-state index contributed by atoms with van der Waals surface area (Å²) in [5, 5.41) is 6.03. The van der Waals surface area contributed by atoms with Crippen molar-refractivity contribution < 1.29 is 22.0 Å². The van der Waals surface area contributed by atoms with E-state index < -0.39 is 0 Å². The van der Waals surface area contributed by atoms with Crippen molar-refractivity contribution in [2.24, 2.45) is 0 Å². The molecule has 0 atom stereocenters. The van der Waals surface area contributed by atoms with E-state index in [-0.39, 0.29) is 22.0 Å². The molecule has 0 aliphatic heterocycles. The zero-order valence-electron chi connectivity index (χ0n) is 3.42. The summed E-state index contributed by atoms with van der Waals surface area (Å²) in [7, 11) is 0. The Bertz CT molecular complexity index is 69.4. The van der Waals surface area contributed by atoms with Crippen LogP contribution in [0.4, 0.5) is 0 Å². The Labute approximate surface area is 51.4 Å². The Kier molecular flexibility index (Phi) is 7.95. The first kappa shape index (κ1) is 9.83. The Balaban J connectivity index is 0. The molecule has 0 unspecified atom stereocenters. The van der Waals surface area contributed by atoms with E-state index in [0.29, 0.717) is 0 Å². The SMILES string of the molecule is O.[Ni].[c-]1ccn[nH]1. The molecule has 0 aliphatic carbocycles. The maximum Gasteiger partial charge on any atom is 0 e. The van der Waals surface area contributed by atoms with Crippen LogP contribution in [0.1, 0.15) is 0 Å². The van der Waals surface area contributed by atoms with Gasteiger partial charge in [-0.1, -0.05) is 0 Å². The molecule has 1 aromatic heterocycles. The quantitative estimate of drug-likeness (QED) is 0.382. The second kappa shape index (κ2) is 5.66. The second-order valence-electron chi connectivity index (χ2n) is 0.701. The van der Waals surface area contributed by atoms with Gasteiger partial charge in [0.25, 0.3) is 0 Å². The molecule has 1 aromatic rings. The Hall–Kier alpha value is -0.336. The van der Waals surface area contributed by atoms with E-state index in [1.54, 1.807) is 12.3 Å². The van der Waals surface area contributed by atoms with E-state index in [0.717, 1.165) is 0 Å². The van der Waals surface area contributed by atoms with Crippen molar-refractivity contribution in [3.63, 3.8) is 0 Å². The van der Waals surface area contributed by atoms with Crippen molar-refractivity contribution in [2.45, 2.75) is 0 Å². The second-order valence-corrected chi connectivity index (χ2v) is 0.701. The number of hydrogen-bond donors (Lipinski definition) is 1. The number of H-pyrrole nitrogens is 1. The molecule has 0 aromatic carbocycles. The molecule has 1 rings (SSSR count). The molecule has 0 aliphatic rings. The van der Waals surface area contributed by atoms with Crippen LogP contribution in [-0.4, -0.2) is 15.7 Å². The fourth-order valence-corrected chi connectivity index (χ4v) is 0.186. The topological polar surface area (TPSA) is 60.2 Å². The van der Waals surface area contributed by atoms with Crippen LogP contribution in [0.2, 0.25) is 0 Å². The van der Waals surface area contributed by atoms with E-state index in [9.17, 15) is 0 Å². The minimum absolute atomic E-state index is 0. The van der Waals surface area contributed by atoms with Crippen LogP contribution in [0.3, 0.4) is 0 Å². The molecule has 0 amide bonds. The third-order valence-electron chi connectivity index (χ3n) is 0.362. The summed E-state index contributed by atoms with van der Waals surface area (Å²) in [4.78, 5) is 0. The van der Waals surface area contributed by atoms with Gasteiger partial charge in [-0.15, -0.1) is 6.20 Å². The molecule has 0 radical (unpaired) electrons. The number of nitrogens with one attached hydrogen (secondary N) is 1. The minimum atomic E-state index is 0. The van der Waals surface area contributed by atoms with Gasteiger partial charge in [-0.2, -0.15) is 12.3 Å². The summed E-state index contributed by atoms with van der Waals surface area (Å²) in [6, 6.07) is 1.71. The monoisotopic (exact) mass is 143 g/mol. The van der Waals surface area contributed by atoms with Crippen LogP contribution in [0.5, 0.6) is 0 Å². The van der Waals surface area contributed by atoms with E-state index >= 15 is 0 Å². The van der Waals surface area contributed by atoms with Crippen molar-refractivity contribution in [2.75, 3.05) is 0 Å². The molecule has 1 heterocycles. The van der Waals surface area contributed by atoms with Crippen molar-refractivity contribution in [1.82, 2.24) is 10.2 Å². The van der Waals surface area contributed by atoms with Crippen LogP contribution in [-0.2, 0) is 16.5 Å². The summed E-state index contributed by atoms with van der Waals surface area (Å²) in [5.41, 5.74) is 0. The first-order valence-electron chi connectivity index (χ1n) is 1.35. The zero-order chi connectivity index (χ0) is 3.54. The van der Waals surface area contributed by atoms with Crippen LogP contribution in [0, 0.1) is 6.20 Å². The standard InChI is InChI=1S/C3H3N2.Ni.H2O/c1-2-4-5-3-1;;/h1-2H,(H,4,5);;1H2/q-1;;. The van der Waals surface area contributed by atoms with E-state index in [4.69, 9.17) is 0 Å². The summed E-state index contributed by atoms with van der Waals surface area (Å²) >= 11 is 0. The van der Waals surface area contributed by atoms with Crippen molar-refractivity contribution in [3.05, 3.63) is 18.5 Å². The van der Waals surface area contributed by atoms with Crippen molar-refractivity contribution >= 4 is 0 Å². The third kappa shape index (κ3) is 3.50. The number of aromatic amines is 1. The molecule has 0 saturated carbocycles. The van der Waals surface area contributed by atoms with Gasteiger partial charge in [-0.3, -0.25) is 0 Å². The average Bonchev–Trinajstić information content (AvgIpc) is 1.76. The molecule has 0 bridgehead atoms. The predicted molar refractivity (Wildman–Crippen MR) is 21.0 cm³/mol. The number of aromatic nitrogens is 2. The van der Waals surface area contributed by atoms with Crippen LogP contribution < -0.4 is 0 Å². The fraction of sp³-hybridized carbons (Fsp3) is 0. The molecule has 3 nitrogen and oxygen atoms in total. The van der Waals surface area contributed by atoms with E-state index in [2.05, 4.69) is 16.4 Å². The smallest absolute Gasteiger partial charge is 0 e. The van der Waals surface area contributed by atoms with Crippen molar-refractivity contribution in [1.29, 1.82) is 0 Å². The largest absolute Gasteiger partial charge is 0.412 e. The van der Waals surface area contributed by atoms with Crippen LogP contribution >= 0.6 is 0 Å². The van der Waals surface area contributed by atoms with Gasteiger partial charge < -0.3 is 15.7 Å². The minimum Gasteiger partial charge on any atom is -0.412 e. The first-order chi connectivity index (χ1) is 2.50. The normalized spacial score (nSPS) is 5.71. The first-order valence-corrected chi connectivity index (χ1v) is 1.35. The number of nitrogens with zero attached hydrogens (tertiary/aromatic N) is 1. The fourth-order valence-electron chi connectivity index (χ4n) is 0.186. The maximum atomic E-state index is 3.54. The number of hydrogen-bond acceptors (Lipinski definition) is 1. The molecule has 0 fully saturated rings. The molecule has 0 saturated heterocycles. The van der Waals surface area contributed by atoms with Gasteiger partial charge in [0.05, 0.1) is 0 Å². The van der Waals surface area contributed by atoms with Gasteiger partial charge >= 0.3 is 0 Å². The van der Waals surface area contributed by atoms with Gasteiger partial charge in [0, 0.05) is 16.5 Å². The Morgan fingerprint density at radius 2 is 2.29 bits per heavy atom. The van der Waals surface area contributed by atoms with E-state index in [1.165, 1.54) is 0 Å². The molecular formula is C3H5N2NiO-. The molecule has 4 heteroatoms. The molecular weight excluding hydrogens is 139 g/mol. The maximum absolute atomic E-state index is 3.54. The van der Waals surface area contributed by atoms with Gasteiger partial charge in [-0.05, 0) is 0 Å². The predicted octanol–water partition coefficient (Wildman–Crippen LogP) is -0.617. The van der Waals surface area contributed by atoms with E-state index in [1.807, 2.05) is 0 Å². The van der Waals surface area contributed by atoms with Gasteiger partial charge in [-0.25, -0.2) is 0 Å². The summed E-state index contributed by atoms with van der Waals surface area (Å²) in [6.07, 6.45) is 4.26. The van der Waals surface area contributed by atoms with Gasteiger partial charge in [0.2, 0.25) is 0 Å². The Morgan fingerprint density at radius 1 is 1.57 bits per heavy atom. The third-order valence-corrected chi connectivity index (χ3v) is 0.362. The van der Waals surface area contributed by atoms with Gasteiger partial charge in [0.15, 0.2) is 0 Å². The number of rotatable bonds is 0. The van der Waals surface area contributed by atoms with Gasteiger partial charge in [0.1, 0.15) is 0 Å². The zero-order valence-corrected chi connectivity index (χ0v) is 4.41. The van der Waals surface area contributed by atoms with Crippen LogP contribution in [0.15, 0.2) is 12.3 Å².